The highest BCUT2D eigenvalue weighted by Gasteiger charge is 2.30. The van der Waals surface area contributed by atoms with Gasteiger partial charge in [-0.2, -0.15) is 13.2 Å². The van der Waals surface area contributed by atoms with E-state index < -0.39 is 11.7 Å². The Bertz CT molecular complexity index is 1170. The molecule has 1 N–H and O–H groups in total. The highest BCUT2D eigenvalue weighted by atomic mass is 35.5. The number of rotatable bonds is 4. The number of benzene rings is 2. The third-order valence-corrected chi connectivity index (χ3v) is 5.75. The zero-order chi connectivity index (χ0) is 20.6. The summed E-state index contributed by atoms with van der Waals surface area (Å²) in [6.45, 7) is 0. The third-order valence-electron chi connectivity index (χ3n) is 4.08. The second-order valence-corrected chi connectivity index (χ2v) is 7.94. The standard InChI is InChI=1S/C19H11Cl2F3N4S/c20-13-5-2-6-14(21)12(13)8-15-28-16-17(25-9-26-18(16)29-15)27-11-4-1-3-10(7-11)19(22,23)24/h1-7,9H,8H2,(H,25,26,27). The van der Waals surface area contributed by atoms with E-state index in [0.717, 1.165) is 17.7 Å². The minimum absolute atomic E-state index is 0.253. The molecule has 2 aromatic carbocycles. The molecule has 0 amide bonds. The van der Waals surface area contributed by atoms with Crippen molar-refractivity contribution in [1.29, 1.82) is 0 Å². The molecular formula is C19H11Cl2F3N4S. The average molecular weight is 455 g/mol. The van der Waals surface area contributed by atoms with Crippen LogP contribution < -0.4 is 5.32 Å². The molecule has 4 nitrogen and oxygen atoms in total. The molecular weight excluding hydrogens is 444 g/mol. The van der Waals surface area contributed by atoms with Gasteiger partial charge >= 0.3 is 6.18 Å². The Morgan fingerprint density at radius 2 is 1.72 bits per heavy atom. The Morgan fingerprint density at radius 1 is 1.00 bits per heavy atom. The highest BCUT2D eigenvalue weighted by Crippen LogP contribution is 2.34. The van der Waals surface area contributed by atoms with Crippen LogP contribution in [0, 0.1) is 0 Å². The molecule has 0 fully saturated rings. The number of anilines is 2. The molecule has 4 aromatic rings. The number of fused-ring (bicyclic) bond motifs is 1. The van der Waals surface area contributed by atoms with Gasteiger partial charge in [-0.25, -0.2) is 15.0 Å². The molecule has 0 radical (unpaired) electrons. The normalized spacial score (nSPS) is 11.8. The first-order valence-electron chi connectivity index (χ1n) is 8.29. The van der Waals surface area contributed by atoms with E-state index in [1.807, 2.05) is 0 Å². The fourth-order valence-corrected chi connectivity index (χ4v) is 4.17. The molecule has 0 unspecified atom stereocenters. The van der Waals surface area contributed by atoms with E-state index in [1.165, 1.54) is 29.8 Å². The predicted octanol–water partition coefficient (Wildman–Crippen LogP) is 6.75. The average Bonchev–Trinajstić information content (AvgIpc) is 3.08. The zero-order valence-electron chi connectivity index (χ0n) is 14.5. The topological polar surface area (TPSA) is 50.7 Å². The van der Waals surface area contributed by atoms with Gasteiger partial charge in [-0.15, -0.1) is 0 Å². The highest BCUT2D eigenvalue weighted by molar-refractivity contribution is 7.18. The number of hydrogen-bond acceptors (Lipinski definition) is 5. The molecule has 10 heteroatoms. The summed E-state index contributed by atoms with van der Waals surface area (Å²) in [5.41, 5.74) is 0.715. The molecule has 0 atom stereocenters. The summed E-state index contributed by atoms with van der Waals surface area (Å²) in [6, 6.07) is 10.1. The van der Waals surface area contributed by atoms with E-state index in [0.29, 0.717) is 37.6 Å². The largest absolute Gasteiger partial charge is 0.416 e. The number of halogens is 5. The van der Waals surface area contributed by atoms with Gasteiger partial charge in [-0.05, 0) is 35.9 Å². The van der Waals surface area contributed by atoms with Crippen molar-refractivity contribution in [3.63, 3.8) is 0 Å². The lowest BCUT2D eigenvalue weighted by molar-refractivity contribution is -0.137. The van der Waals surface area contributed by atoms with Crippen molar-refractivity contribution >= 4 is 56.4 Å². The molecule has 29 heavy (non-hydrogen) atoms. The van der Waals surface area contributed by atoms with Gasteiger partial charge in [0.15, 0.2) is 5.82 Å². The van der Waals surface area contributed by atoms with Gasteiger partial charge in [0.05, 0.1) is 5.56 Å². The Morgan fingerprint density at radius 3 is 2.45 bits per heavy atom. The monoisotopic (exact) mass is 454 g/mol. The van der Waals surface area contributed by atoms with Crippen molar-refractivity contribution in [1.82, 2.24) is 15.0 Å². The second-order valence-electron chi connectivity index (χ2n) is 6.06. The third kappa shape index (κ3) is 4.29. The van der Waals surface area contributed by atoms with Crippen molar-refractivity contribution in [3.05, 3.63) is 75.0 Å². The van der Waals surface area contributed by atoms with Crippen LogP contribution in [0.2, 0.25) is 10.0 Å². The van der Waals surface area contributed by atoms with Crippen LogP contribution in [0.5, 0.6) is 0 Å². The molecule has 0 aliphatic carbocycles. The first kappa shape index (κ1) is 19.9. The van der Waals surface area contributed by atoms with Gasteiger partial charge in [0, 0.05) is 22.2 Å². The van der Waals surface area contributed by atoms with E-state index in [9.17, 15) is 13.2 Å². The number of alkyl halides is 3. The molecule has 0 aliphatic rings. The maximum absolute atomic E-state index is 12.9. The lowest BCUT2D eigenvalue weighted by Gasteiger charge is -2.10. The van der Waals surface area contributed by atoms with E-state index in [2.05, 4.69) is 20.3 Å². The molecule has 4 rings (SSSR count). The SMILES string of the molecule is FC(F)(F)c1cccc(Nc2ncnc3sc(Cc4c(Cl)cccc4Cl)nc23)c1. The van der Waals surface area contributed by atoms with Crippen molar-refractivity contribution in [2.24, 2.45) is 0 Å². The summed E-state index contributed by atoms with van der Waals surface area (Å²) in [5.74, 6) is 0.321. The van der Waals surface area contributed by atoms with Gasteiger partial charge in [-0.3, -0.25) is 0 Å². The number of thiazole rings is 1. The minimum Gasteiger partial charge on any atom is -0.338 e. The van der Waals surface area contributed by atoms with Crippen LogP contribution in [-0.4, -0.2) is 15.0 Å². The lowest BCUT2D eigenvalue weighted by Crippen LogP contribution is -2.05. The maximum Gasteiger partial charge on any atom is 0.416 e. The van der Waals surface area contributed by atoms with Crippen LogP contribution >= 0.6 is 34.5 Å². The van der Waals surface area contributed by atoms with Crippen LogP contribution in [0.25, 0.3) is 10.3 Å². The van der Waals surface area contributed by atoms with Crippen molar-refractivity contribution < 1.29 is 13.2 Å². The Labute approximate surface area is 177 Å². The van der Waals surface area contributed by atoms with E-state index in [1.54, 1.807) is 18.2 Å². The molecule has 0 bridgehead atoms. The predicted molar refractivity (Wildman–Crippen MR) is 109 cm³/mol. The molecule has 0 aliphatic heterocycles. The molecule has 0 saturated heterocycles. The summed E-state index contributed by atoms with van der Waals surface area (Å²) in [5, 5.41) is 4.68. The van der Waals surface area contributed by atoms with Gasteiger partial charge < -0.3 is 5.32 Å². The number of hydrogen-bond donors (Lipinski definition) is 1. The quantitative estimate of drug-likeness (QED) is 0.370. The van der Waals surface area contributed by atoms with Gasteiger partial charge in [0.2, 0.25) is 0 Å². The van der Waals surface area contributed by atoms with Gasteiger partial charge in [-0.1, -0.05) is 46.7 Å². The number of nitrogens with one attached hydrogen (secondary N) is 1. The Balaban J connectivity index is 1.67. The lowest BCUT2D eigenvalue weighted by atomic mass is 10.1. The number of nitrogens with zero attached hydrogens (tertiary/aromatic N) is 3. The zero-order valence-corrected chi connectivity index (χ0v) is 16.8. The van der Waals surface area contributed by atoms with E-state index >= 15 is 0 Å². The molecule has 148 valence electrons. The minimum atomic E-state index is -4.43. The fourth-order valence-electron chi connectivity index (χ4n) is 2.73. The van der Waals surface area contributed by atoms with Crippen molar-refractivity contribution in [3.8, 4) is 0 Å². The summed E-state index contributed by atoms with van der Waals surface area (Å²) in [7, 11) is 0. The first-order valence-corrected chi connectivity index (χ1v) is 9.86. The van der Waals surface area contributed by atoms with Gasteiger partial charge in [0.25, 0.3) is 0 Å². The summed E-state index contributed by atoms with van der Waals surface area (Å²) in [4.78, 5) is 13.5. The van der Waals surface area contributed by atoms with Crippen LogP contribution in [0.1, 0.15) is 16.1 Å². The summed E-state index contributed by atoms with van der Waals surface area (Å²) < 4.78 is 38.8. The van der Waals surface area contributed by atoms with Crippen molar-refractivity contribution in [2.75, 3.05) is 5.32 Å². The maximum atomic E-state index is 12.9. The van der Waals surface area contributed by atoms with Crippen LogP contribution in [-0.2, 0) is 12.6 Å². The van der Waals surface area contributed by atoms with Crippen LogP contribution in [0.15, 0.2) is 48.8 Å². The summed E-state index contributed by atoms with van der Waals surface area (Å²) >= 11 is 13.8. The van der Waals surface area contributed by atoms with Crippen LogP contribution in [0.3, 0.4) is 0 Å². The van der Waals surface area contributed by atoms with Crippen LogP contribution in [0.4, 0.5) is 24.7 Å². The molecule has 0 saturated carbocycles. The Hall–Kier alpha value is -2.42. The second kappa shape index (κ2) is 7.78. The molecule has 0 spiro atoms. The first-order chi connectivity index (χ1) is 13.8. The molecule has 2 aromatic heterocycles. The number of aromatic nitrogens is 3. The van der Waals surface area contributed by atoms with E-state index in [-0.39, 0.29) is 5.69 Å². The summed E-state index contributed by atoms with van der Waals surface area (Å²) in [6.07, 6.45) is -2.69. The van der Waals surface area contributed by atoms with E-state index in [4.69, 9.17) is 23.2 Å². The van der Waals surface area contributed by atoms with Crippen molar-refractivity contribution in [2.45, 2.75) is 12.6 Å². The smallest absolute Gasteiger partial charge is 0.338 e. The Kier molecular flexibility index (Phi) is 5.33. The fraction of sp³-hybridized carbons (Fsp3) is 0.105. The van der Waals surface area contributed by atoms with Gasteiger partial charge in [0.1, 0.15) is 21.7 Å². The molecule has 2 heterocycles.